The number of imidazole rings is 1. The van der Waals surface area contributed by atoms with E-state index in [0.717, 1.165) is 5.52 Å². The fourth-order valence-corrected chi connectivity index (χ4v) is 1.62. The van der Waals surface area contributed by atoms with Crippen molar-refractivity contribution in [2.45, 2.75) is 0 Å². The number of nitrogen functional groups attached to an aromatic ring is 1. The minimum Gasteiger partial charge on any atom is -0.368 e. The van der Waals surface area contributed by atoms with E-state index in [4.69, 9.17) is 11.0 Å². The SMILES string of the molecule is CN(C)n1c(N)nc2c(C#N)cccc21. The molecule has 2 rings (SSSR count). The van der Waals surface area contributed by atoms with Gasteiger partial charge in [0.05, 0.1) is 11.1 Å². The van der Waals surface area contributed by atoms with Crippen molar-refractivity contribution in [2.24, 2.45) is 0 Å². The van der Waals surface area contributed by atoms with Crippen molar-refractivity contribution >= 4 is 17.0 Å². The van der Waals surface area contributed by atoms with Crippen LogP contribution in [0.3, 0.4) is 0 Å². The second kappa shape index (κ2) is 3.17. The summed E-state index contributed by atoms with van der Waals surface area (Å²) in [7, 11) is 3.74. The van der Waals surface area contributed by atoms with Crippen LogP contribution in [-0.2, 0) is 0 Å². The third kappa shape index (κ3) is 1.27. The Morgan fingerprint density at radius 1 is 1.47 bits per heavy atom. The van der Waals surface area contributed by atoms with Crippen LogP contribution in [0.2, 0.25) is 0 Å². The van der Waals surface area contributed by atoms with Gasteiger partial charge in [0.2, 0.25) is 5.95 Å². The van der Waals surface area contributed by atoms with Crippen molar-refractivity contribution in [3.05, 3.63) is 23.8 Å². The van der Waals surface area contributed by atoms with Crippen LogP contribution < -0.4 is 10.7 Å². The molecule has 2 aromatic rings. The van der Waals surface area contributed by atoms with Crippen molar-refractivity contribution in [3.8, 4) is 6.07 Å². The van der Waals surface area contributed by atoms with E-state index in [9.17, 15) is 0 Å². The van der Waals surface area contributed by atoms with Crippen LogP contribution in [0.1, 0.15) is 5.56 Å². The maximum absolute atomic E-state index is 8.92. The van der Waals surface area contributed by atoms with Gasteiger partial charge in [-0.15, -0.1) is 0 Å². The van der Waals surface area contributed by atoms with Crippen LogP contribution in [0.5, 0.6) is 0 Å². The molecule has 0 fully saturated rings. The molecule has 1 aromatic heterocycles. The summed E-state index contributed by atoms with van der Waals surface area (Å²) < 4.78 is 1.76. The molecule has 15 heavy (non-hydrogen) atoms. The summed E-state index contributed by atoms with van der Waals surface area (Å²) in [5.74, 6) is 0.387. The van der Waals surface area contributed by atoms with Crippen molar-refractivity contribution < 1.29 is 0 Å². The van der Waals surface area contributed by atoms with Crippen LogP contribution in [0.4, 0.5) is 5.95 Å². The molecule has 1 heterocycles. The molecule has 1 aromatic carbocycles. The third-order valence-corrected chi connectivity index (χ3v) is 2.21. The summed E-state index contributed by atoms with van der Waals surface area (Å²) in [5.41, 5.74) is 7.81. The summed E-state index contributed by atoms with van der Waals surface area (Å²) in [5, 5.41) is 10.7. The number of aromatic nitrogens is 2. The van der Waals surface area contributed by atoms with Gasteiger partial charge >= 0.3 is 0 Å². The Labute approximate surface area is 87.3 Å². The lowest BCUT2D eigenvalue weighted by molar-refractivity contribution is 0.765. The van der Waals surface area contributed by atoms with E-state index >= 15 is 0 Å². The molecule has 0 radical (unpaired) electrons. The molecule has 0 unspecified atom stereocenters. The highest BCUT2D eigenvalue weighted by Gasteiger charge is 2.11. The summed E-state index contributed by atoms with van der Waals surface area (Å²) in [6.07, 6.45) is 0. The fraction of sp³-hybridized carbons (Fsp3) is 0.200. The van der Waals surface area contributed by atoms with Gasteiger partial charge < -0.3 is 10.7 Å². The van der Waals surface area contributed by atoms with Gasteiger partial charge in [-0.05, 0) is 12.1 Å². The number of benzene rings is 1. The topological polar surface area (TPSA) is 70.9 Å². The van der Waals surface area contributed by atoms with Gasteiger partial charge in [0.25, 0.3) is 0 Å². The Morgan fingerprint density at radius 3 is 2.80 bits per heavy atom. The molecule has 0 saturated heterocycles. The summed E-state index contributed by atoms with van der Waals surface area (Å²) in [4.78, 5) is 4.18. The van der Waals surface area contributed by atoms with Crippen LogP contribution in [-0.4, -0.2) is 23.8 Å². The molecule has 2 N–H and O–H groups in total. The summed E-state index contributed by atoms with van der Waals surface area (Å²) in [6, 6.07) is 7.54. The number of para-hydroxylation sites is 1. The van der Waals surface area contributed by atoms with Crippen molar-refractivity contribution in [3.63, 3.8) is 0 Å². The number of nitriles is 1. The van der Waals surface area contributed by atoms with Crippen LogP contribution in [0.15, 0.2) is 18.2 Å². The first-order valence-corrected chi connectivity index (χ1v) is 4.50. The van der Waals surface area contributed by atoms with Gasteiger partial charge in [-0.1, -0.05) is 6.07 Å². The molecule has 0 bridgehead atoms. The van der Waals surface area contributed by atoms with Crippen molar-refractivity contribution in [2.75, 3.05) is 24.8 Å². The highest BCUT2D eigenvalue weighted by Crippen LogP contribution is 2.20. The highest BCUT2D eigenvalue weighted by atomic mass is 15.6. The molecular formula is C10H11N5. The van der Waals surface area contributed by atoms with E-state index in [-0.39, 0.29) is 0 Å². The van der Waals surface area contributed by atoms with Crippen molar-refractivity contribution in [1.82, 2.24) is 9.66 Å². The monoisotopic (exact) mass is 201 g/mol. The Hall–Kier alpha value is -2.22. The minimum atomic E-state index is 0.387. The predicted molar refractivity (Wildman–Crippen MR) is 58.9 cm³/mol. The lowest BCUT2D eigenvalue weighted by Gasteiger charge is -2.15. The molecule has 0 spiro atoms. The Balaban J connectivity index is 2.86. The molecule has 0 atom stereocenters. The molecular weight excluding hydrogens is 190 g/mol. The van der Waals surface area contributed by atoms with E-state index in [1.54, 1.807) is 10.7 Å². The normalized spacial score (nSPS) is 10.2. The smallest absolute Gasteiger partial charge is 0.220 e. The lowest BCUT2D eigenvalue weighted by Crippen LogP contribution is -2.26. The maximum Gasteiger partial charge on any atom is 0.220 e. The Morgan fingerprint density at radius 2 is 2.20 bits per heavy atom. The van der Waals surface area contributed by atoms with Crippen LogP contribution >= 0.6 is 0 Å². The van der Waals surface area contributed by atoms with E-state index in [1.807, 2.05) is 31.2 Å². The second-order valence-electron chi connectivity index (χ2n) is 3.41. The Kier molecular flexibility index (Phi) is 1.97. The standard InChI is InChI=1S/C10H11N5/c1-14(2)15-8-5-3-4-7(6-11)9(8)13-10(15)12/h3-5H,1-2H3,(H2,12,13). The summed E-state index contributed by atoms with van der Waals surface area (Å²) >= 11 is 0. The van der Waals surface area contributed by atoms with E-state index in [0.29, 0.717) is 17.0 Å². The summed E-state index contributed by atoms with van der Waals surface area (Å²) in [6.45, 7) is 0. The largest absolute Gasteiger partial charge is 0.368 e. The lowest BCUT2D eigenvalue weighted by atomic mass is 10.2. The maximum atomic E-state index is 8.92. The highest BCUT2D eigenvalue weighted by molar-refractivity contribution is 5.84. The molecule has 0 aliphatic heterocycles. The van der Waals surface area contributed by atoms with Crippen LogP contribution in [0, 0.1) is 11.3 Å². The molecule has 5 nitrogen and oxygen atoms in total. The van der Waals surface area contributed by atoms with E-state index in [2.05, 4.69) is 11.1 Å². The zero-order chi connectivity index (χ0) is 11.0. The van der Waals surface area contributed by atoms with Crippen molar-refractivity contribution in [1.29, 1.82) is 5.26 Å². The number of fused-ring (bicyclic) bond motifs is 1. The molecule has 5 heteroatoms. The number of nitrogens with zero attached hydrogens (tertiary/aromatic N) is 4. The first-order valence-electron chi connectivity index (χ1n) is 4.50. The molecule has 0 aliphatic carbocycles. The van der Waals surface area contributed by atoms with Gasteiger partial charge in [0.1, 0.15) is 11.6 Å². The average molecular weight is 201 g/mol. The average Bonchev–Trinajstić information content (AvgIpc) is 2.53. The quantitative estimate of drug-likeness (QED) is 0.736. The van der Waals surface area contributed by atoms with Gasteiger partial charge in [-0.3, -0.25) is 0 Å². The number of anilines is 1. The van der Waals surface area contributed by atoms with Gasteiger partial charge in [-0.2, -0.15) is 5.26 Å². The molecule has 0 aliphatic rings. The molecule has 0 saturated carbocycles. The number of rotatable bonds is 1. The third-order valence-electron chi connectivity index (χ3n) is 2.21. The zero-order valence-corrected chi connectivity index (χ0v) is 8.60. The number of hydrogen-bond acceptors (Lipinski definition) is 4. The zero-order valence-electron chi connectivity index (χ0n) is 8.60. The first-order chi connectivity index (χ1) is 7.15. The van der Waals surface area contributed by atoms with Gasteiger partial charge in [0, 0.05) is 14.1 Å². The second-order valence-corrected chi connectivity index (χ2v) is 3.41. The van der Waals surface area contributed by atoms with Gasteiger partial charge in [-0.25, -0.2) is 9.66 Å². The minimum absolute atomic E-state index is 0.387. The first kappa shape index (κ1) is 9.34. The fourth-order valence-electron chi connectivity index (χ4n) is 1.62. The molecule has 76 valence electrons. The molecule has 0 amide bonds. The number of nitrogens with two attached hydrogens (primary N) is 1. The van der Waals surface area contributed by atoms with E-state index < -0.39 is 0 Å². The Bertz CT molecular complexity index is 547. The van der Waals surface area contributed by atoms with Gasteiger partial charge in [0.15, 0.2) is 0 Å². The van der Waals surface area contributed by atoms with E-state index in [1.165, 1.54) is 0 Å². The predicted octanol–water partition coefficient (Wildman–Crippen LogP) is 0.688. The van der Waals surface area contributed by atoms with Crippen LogP contribution in [0.25, 0.3) is 11.0 Å². The number of hydrogen-bond donors (Lipinski definition) is 1.